The average Bonchev–Trinajstić information content (AvgIpc) is 2.93. The van der Waals surface area contributed by atoms with Gasteiger partial charge in [0.05, 0.1) is 6.54 Å². The van der Waals surface area contributed by atoms with Crippen LogP contribution in [0.2, 0.25) is 5.02 Å². The number of aryl methyl sites for hydroxylation is 1. The SMILES string of the molecule is Cc1ccc(Cl)cc1NC(=O)c1cc2n(n1)CCN(C)S2(=O)=O. The number of hydrogen-bond donors (Lipinski definition) is 1. The number of nitrogens with one attached hydrogen (secondary N) is 1. The monoisotopic (exact) mass is 354 g/mol. The van der Waals surface area contributed by atoms with E-state index < -0.39 is 15.9 Å². The minimum absolute atomic E-state index is 0.0271. The Morgan fingerprint density at radius 2 is 2.04 bits per heavy atom. The summed E-state index contributed by atoms with van der Waals surface area (Å²) in [7, 11) is -2.09. The predicted molar refractivity (Wildman–Crippen MR) is 86.2 cm³/mol. The molecule has 7 nitrogen and oxygen atoms in total. The van der Waals surface area contributed by atoms with Crippen molar-refractivity contribution < 1.29 is 13.2 Å². The van der Waals surface area contributed by atoms with E-state index in [0.717, 1.165) is 5.56 Å². The molecule has 0 saturated heterocycles. The van der Waals surface area contributed by atoms with E-state index >= 15 is 0 Å². The van der Waals surface area contributed by atoms with Crippen molar-refractivity contribution in [3.63, 3.8) is 0 Å². The van der Waals surface area contributed by atoms with Crippen molar-refractivity contribution in [3.05, 3.63) is 40.5 Å². The summed E-state index contributed by atoms with van der Waals surface area (Å²) in [4.78, 5) is 12.3. The van der Waals surface area contributed by atoms with Gasteiger partial charge >= 0.3 is 0 Å². The van der Waals surface area contributed by atoms with E-state index in [0.29, 0.717) is 23.8 Å². The fourth-order valence-electron chi connectivity index (χ4n) is 2.31. The van der Waals surface area contributed by atoms with Crippen molar-refractivity contribution in [2.75, 3.05) is 18.9 Å². The summed E-state index contributed by atoms with van der Waals surface area (Å²) in [6.45, 7) is 2.57. The summed E-state index contributed by atoms with van der Waals surface area (Å²) in [5.74, 6) is -0.477. The zero-order valence-corrected chi connectivity index (χ0v) is 14.1. The van der Waals surface area contributed by atoms with Crippen LogP contribution in [0.1, 0.15) is 16.1 Å². The minimum Gasteiger partial charge on any atom is -0.320 e. The van der Waals surface area contributed by atoms with Crippen LogP contribution in [0.4, 0.5) is 5.69 Å². The fraction of sp³-hybridized carbons (Fsp3) is 0.286. The van der Waals surface area contributed by atoms with Gasteiger partial charge in [0.15, 0.2) is 10.7 Å². The molecular weight excluding hydrogens is 340 g/mol. The number of benzene rings is 1. The Balaban J connectivity index is 1.92. The first kappa shape index (κ1) is 16.0. The van der Waals surface area contributed by atoms with Gasteiger partial charge in [-0.05, 0) is 24.6 Å². The van der Waals surface area contributed by atoms with E-state index in [1.807, 2.05) is 6.92 Å². The molecule has 0 atom stereocenters. The van der Waals surface area contributed by atoms with Gasteiger partial charge in [-0.25, -0.2) is 8.42 Å². The van der Waals surface area contributed by atoms with Crippen molar-refractivity contribution in [3.8, 4) is 0 Å². The maximum Gasteiger partial charge on any atom is 0.276 e. The Kier molecular flexibility index (Phi) is 3.91. The van der Waals surface area contributed by atoms with Gasteiger partial charge in [-0.2, -0.15) is 9.40 Å². The number of carbonyl (C=O) groups excluding carboxylic acids is 1. The number of carbonyl (C=O) groups is 1. The van der Waals surface area contributed by atoms with Gasteiger partial charge < -0.3 is 5.32 Å². The third kappa shape index (κ3) is 2.85. The van der Waals surface area contributed by atoms with E-state index in [2.05, 4.69) is 10.4 Å². The van der Waals surface area contributed by atoms with Crippen LogP contribution in [-0.4, -0.2) is 42.0 Å². The highest BCUT2D eigenvalue weighted by atomic mass is 35.5. The Bertz CT molecular complexity index is 891. The largest absolute Gasteiger partial charge is 0.320 e. The quantitative estimate of drug-likeness (QED) is 0.890. The molecule has 0 bridgehead atoms. The van der Waals surface area contributed by atoms with E-state index in [9.17, 15) is 13.2 Å². The lowest BCUT2D eigenvalue weighted by Gasteiger charge is -2.22. The molecule has 122 valence electrons. The average molecular weight is 355 g/mol. The molecule has 2 aromatic rings. The Labute approximate surface area is 138 Å². The number of anilines is 1. The van der Waals surface area contributed by atoms with Crippen molar-refractivity contribution in [1.82, 2.24) is 14.1 Å². The molecule has 1 amide bonds. The van der Waals surface area contributed by atoms with E-state index in [1.165, 1.54) is 22.1 Å². The van der Waals surface area contributed by atoms with Gasteiger partial charge in [0.25, 0.3) is 15.9 Å². The molecule has 0 unspecified atom stereocenters. The summed E-state index contributed by atoms with van der Waals surface area (Å²) < 4.78 is 27.0. The maximum absolute atomic E-state index is 12.3. The predicted octanol–water partition coefficient (Wildman–Crippen LogP) is 1.73. The van der Waals surface area contributed by atoms with Gasteiger partial charge in [0.1, 0.15) is 0 Å². The second kappa shape index (κ2) is 5.63. The van der Waals surface area contributed by atoms with Crippen LogP contribution >= 0.6 is 11.6 Å². The van der Waals surface area contributed by atoms with Crippen LogP contribution in [0.3, 0.4) is 0 Å². The molecular formula is C14H15ClN4O3S. The molecule has 1 aromatic heterocycles. The second-order valence-electron chi connectivity index (χ2n) is 5.33. The molecule has 0 aliphatic carbocycles. The summed E-state index contributed by atoms with van der Waals surface area (Å²) in [6.07, 6.45) is 0. The minimum atomic E-state index is -3.59. The van der Waals surface area contributed by atoms with Crippen molar-refractivity contribution in [1.29, 1.82) is 0 Å². The number of rotatable bonds is 2. The third-order valence-corrected chi connectivity index (χ3v) is 5.82. The first-order valence-electron chi connectivity index (χ1n) is 6.91. The molecule has 23 heavy (non-hydrogen) atoms. The molecule has 0 saturated carbocycles. The molecule has 0 radical (unpaired) electrons. The highest BCUT2D eigenvalue weighted by molar-refractivity contribution is 7.89. The van der Waals surface area contributed by atoms with Gasteiger partial charge in [-0.3, -0.25) is 9.48 Å². The number of aromatic nitrogens is 2. The second-order valence-corrected chi connectivity index (χ2v) is 7.76. The Morgan fingerprint density at radius 1 is 1.30 bits per heavy atom. The molecule has 1 N–H and O–H groups in total. The summed E-state index contributed by atoms with van der Waals surface area (Å²) in [5, 5.41) is 7.33. The fourth-order valence-corrected chi connectivity index (χ4v) is 3.78. The van der Waals surface area contributed by atoms with E-state index in [1.54, 1.807) is 18.2 Å². The molecule has 9 heteroatoms. The lowest BCUT2D eigenvalue weighted by Crippen LogP contribution is -2.37. The number of sulfonamides is 1. The van der Waals surface area contributed by atoms with Crippen LogP contribution in [-0.2, 0) is 16.6 Å². The summed E-state index contributed by atoms with van der Waals surface area (Å²) in [5.41, 5.74) is 1.46. The molecule has 1 aromatic carbocycles. The molecule has 2 heterocycles. The number of likely N-dealkylation sites (N-methyl/N-ethyl adjacent to an activating group) is 1. The lowest BCUT2D eigenvalue weighted by atomic mass is 10.2. The summed E-state index contributed by atoms with van der Waals surface area (Å²) in [6, 6.07) is 6.44. The number of fused-ring (bicyclic) bond motifs is 1. The molecule has 0 spiro atoms. The third-order valence-electron chi connectivity index (χ3n) is 3.72. The molecule has 0 fully saturated rings. The topological polar surface area (TPSA) is 84.3 Å². The number of amides is 1. The van der Waals surface area contributed by atoms with E-state index in [4.69, 9.17) is 11.6 Å². The summed E-state index contributed by atoms with van der Waals surface area (Å²) >= 11 is 5.93. The van der Waals surface area contributed by atoms with Gasteiger partial charge in [-0.15, -0.1) is 0 Å². The van der Waals surface area contributed by atoms with Gasteiger partial charge in [0.2, 0.25) is 0 Å². The van der Waals surface area contributed by atoms with Crippen molar-refractivity contribution in [2.45, 2.75) is 18.5 Å². The van der Waals surface area contributed by atoms with Crippen LogP contribution in [0, 0.1) is 6.92 Å². The zero-order valence-electron chi connectivity index (χ0n) is 12.6. The maximum atomic E-state index is 12.3. The molecule has 1 aliphatic heterocycles. The van der Waals surface area contributed by atoms with Crippen molar-refractivity contribution in [2.24, 2.45) is 0 Å². The number of hydrogen-bond acceptors (Lipinski definition) is 4. The Hall–Kier alpha value is -1.90. The zero-order chi connectivity index (χ0) is 16.8. The number of halogens is 1. The van der Waals surface area contributed by atoms with Crippen LogP contribution in [0.15, 0.2) is 29.3 Å². The smallest absolute Gasteiger partial charge is 0.276 e. The molecule has 1 aliphatic rings. The molecule has 3 rings (SSSR count). The van der Waals surface area contributed by atoms with E-state index in [-0.39, 0.29) is 10.7 Å². The van der Waals surface area contributed by atoms with Crippen LogP contribution in [0.5, 0.6) is 0 Å². The standard InChI is InChI=1S/C14H15ClN4O3S/c1-9-3-4-10(15)7-11(9)16-14(20)12-8-13-19(17-12)6-5-18(2)23(13,21)22/h3-4,7-8H,5-6H2,1-2H3,(H,16,20). The highest BCUT2D eigenvalue weighted by Gasteiger charge is 2.31. The van der Waals surface area contributed by atoms with Crippen LogP contribution in [0.25, 0.3) is 0 Å². The van der Waals surface area contributed by atoms with Gasteiger partial charge in [0, 0.05) is 30.4 Å². The number of nitrogens with zero attached hydrogens (tertiary/aromatic N) is 3. The Morgan fingerprint density at radius 3 is 2.78 bits per heavy atom. The first-order chi connectivity index (χ1) is 10.8. The van der Waals surface area contributed by atoms with Gasteiger partial charge in [-0.1, -0.05) is 17.7 Å². The van der Waals surface area contributed by atoms with Crippen LogP contribution < -0.4 is 5.32 Å². The lowest BCUT2D eigenvalue weighted by molar-refractivity contribution is 0.102. The highest BCUT2D eigenvalue weighted by Crippen LogP contribution is 2.23. The van der Waals surface area contributed by atoms with Crippen molar-refractivity contribution >= 4 is 33.2 Å². The normalized spacial score (nSPS) is 16.8. The first-order valence-corrected chi connectivity index (χ1v) is 8.72.